The molecule has 8 heteroatoms. The van der Waals surface area contributed by atoms with Crippen LogP contribution in [0.1, 0.15) is 42.6 Å². The second-order valence-corrected chi connectivity index (χ2v) is 10.3. The summed E-state index contributed by atoms with van der Waals surface area (Å²) < 4.78 is 27.6. The van der Waals surface area contributed by atoms with Gasteiger partial charge in [0, 0.05) is 31.7 Å². The number of nitrogens with zero attached hydrogens (tertiary/aromatic N) is 2. The van der Waals surface area contributed by atoms with Gasteiger partial charge >= 0.3 is 0 Å². The Balaban J connectivity index is 1.76. The average molecular weight is 472 g/mol. The van der Waals surface area contributed by atoms with E-state index in [4.69, 9.17) is 0 Å². The van der Waals surface area contributed by atoms with E-state index in [2.05, 4.69) is 5.32 Å². The van der Waals surface area contributed by atoms with E-state index in [-0.39, 0.29) is 22.6 Å². The summed E-state index contributed by atoms with van der Waals surface area (Å²) in [4.78, 5) is 28.1. The largest absolute Gasteiger partial charge is 0.341 e. The number of piperidine rings is 1. The minimum Gasteiger partial charge on any atom is -0.341 e. The molecule has 1 fully saturated rings. The summed E-state index contributed by atoms with van der Waals surface area (Å²) >= 11 is 0. The molecule has 2 aromatic rings. The molecule has 0 saturated carbocycles. The predicted octanol–water partition coefficient (Wildman–Crippen LogP) is 3.06. The molecule has 1 aliphatic heterocycles. The topological polar surface area (TPSA) is 86.8 Å². The van der Waals surface area contributed by atoms with Gasteiger partial charge in [0.2, 0.25) is 15.9 Å². The molecule has 1 aliphatic rings. The Morgan fingerprint density at radius 2 is 1.58 bits per heavy atom. The Labute approximate surface area is 196 Å². The van der Waals surface area contributed by atoms with Crippen molar-refractivity contribution >= 4 is 21.8 Å². The summed E-state index contributed by atoms with van der Waals surface area (Å²) in [5.41, 5.74) is 1.49. The molecule has 0 radical (unpaired) electrons. The van der Waals surface area contributed by atoms with Crippen LogP contribution < -0.4 is 5.32 Å². The van der Waals surface area contributed by atoms with Gasteiger partial charge in [0.25, 0.3) is 5.91 Å². The molecular weight excluding hydrogens is 438 g/mol. The van der Waals surface area contributed by atoms with Crippen molar-refractivity contribution in [2.75, 3.05) is 26.2 Å². The second-order valence-electron chi connectivity index (χ2n) is 8.38. The third-order valence-corrected chi connectivity index (χ3v) is 8.21. The van der Waals surface area contributed by atoms with Gasteiger partial charge in [-0.1, -0.05) is 35.9 Å². The molecule has 2 amide bonds. The number of rotatable bonds is 8. The van der Waals surface area contributed by atoms with E-state index in [9.17, 15) is 18.0 Å². The molecule has 0 aromatic heterocycles. The molecule has 1 N–H and O–H groups in total. The highest BCUT2D eigenvalue weighted by Gasteiger charge is 2.37. The van der Waals surface area contributed by atoms with Crippen molar-refractivity contribution < 1.29 is 18.0 Å². The fraction of sp³-hybridized carbons (Fsp3) is 0.440. The van der Waals surface area contributed by atoms with Crippen LogP contribution in [-0.4, -0.2) is 61.7 Å². The van der Waals surface area contributed by atoms with Crippen LogP contribution in [0.4, 0.5) is 0 Å². The van der Waals surface area contributed by atoms with Crippen molar-refractivity contribution in [3.8, 4) is 0 Å². The normalized spacial score (nSPS) is 16.2. The lowest BCUT2D eigenvalue weighted by molar-refractivity contribution is -0.134. The lowest BCUT2D eigenvalue weighted by Crippen LogP contribution is -2.54. The summed E-state index contributed by atoms with van der Waals surface area (Å²) in [6, 6.07) is 15.0. The van der Waals surface area contributed by atoms with Crippen molar-refractivity contribution in [2.45, 2.75) is 44.6 Å². The zero-order chi connectivity index (χ0) is 24.0. The number of likely N-dealkylation sites (N-methyl/N-ethyl adjacent to an activating group) is 1. The molecule has 3 rings (SSSR count). The fourth-order valence-electron chi connectivity index (χ4n) is 4.24. The van der Waals surface area contributed by atoms with Crippen LogP contribution in [0.25, 0.3) is 0 Å². The molecule has 33 heavy (non-hydrogen) atoms. The van der Waals surface area contributed by atoms with Gasteiger partial charge in [-0.3, -0.25) is 9.59 Å². The van der Waals surface area contributed by atoms with Crippen molar-refractivity contribution in [2.24, 2.45) is 5.92 Å². The van der Waals surface area contributed by atoms with Crippen LogP contribution in [0.15, 0.2) is 59.5 Å². The van der Waals surface area contributed by atoms with Crippen LogP contribution in [0, 0.1) is 12.8 Å². The van der Waals surface area contributed by atoms with Crippen LogP contribution in [-0.2, 0) is 14.8 Å². The number of amides is 2. The zero-order valence-corrected chi connectivity index (χ0v) is 20.3. The Morgan fingerprint density at radius 3 is 2.12 bits per heavy atom. The zero-order valence-electron chi connectivity index (χ0n) is 19.5. The van der Waals surface area contributed by atoms with Gasteiger partial charge < -0.3 is 10.2 Å². The minimum atomic E-state index is -3.59. The second kappa shape index (κ2) is 10.9. The molecule has 1 saturated heterocycles. The van der Waals surface area contributed by atoms with E-state index >= 15 is 0 Å². The lowest BCUT2D eigenvalue weighted by Gasteiger charge is -2.37. The van der Waals surface area contributed by atoms with Crippen LogP contribution in [0.3, 0.4) is 0 Å². The molecule has 7 nitrogen and oxygen atoms in total. The summed E-state index contributed by atoms with van der Waals surface area (Å²) in [6.07, 6.45) is 0.996. The SMILES string of the molecule is CCN(CC)C(=O)C(NC(=O)c1ccccc1)C1CCN(S(=O)(=O)c2ccc(C)cc2)CC1. The standard InChI is InChI=1S/C25H33N3O4S/c1-4-27(5-2)25(30)23(26-24(29)21-9-7-6-8-10-21)20-15-17-28(18-16-20)33(31,32)22-13-11-19(3)12-14-22/h6-14,20,23H,4-5,15-18H2,1-3H3,(H,26,29). The highest BCUT2D eigenvalue weighted by atomic mass is 32.2. The van der Waals surface area contributed by atoms with Gasteiger partial charge in [-0.25, -0.2) is 8.42 Å². The number of hydrogen-bond acceptors (Lipinski definition) is 4. The minimum absolute atomic E-state index is 0.121. The summed E-state index contributed by atoms with van der Waals surface area (Å²) in [6.45, 7) is 7.46. The summed E-state index contributed by atoms with van der Waals surface area (Å²) in [7, 11) is -3.59. The van der Waals surface area contributed by atoms with Crippen molar-refractivity contribution in [3.63, 3.8) is 0 Å². The number of carbonyl (C=O) groups is 2. The van der Waals surface area contributed by atoms with E-state index in [1.807, 2.05) is 26.8 Å². The quantitative estimate of drug-likeness (QED) is 0.641. The molecule has 0 spiro atoms. The van der Waals surface area contributed by atoms with Crippen LogP contribution >= 0.6 is 0 Å². The predicted molar refractivity (Wildman–Crippen MR) is 128 cm³/mol. The number of carbonyl (C=O) groups excluding carboxylic acids is 2. The van der Waals surface area contributed by atoms with E-state index < -0.39 is 16.1 Å². The monoisotopic (exact) mass is 471 g/mol. The molecule has 2 aromatic carbocycles. The van der Waals surface area contributed by atoms with Gasteiger partial charge in [-0.05, 0) is 63.8 Å². The maximum Gasteiger partial charge on any atom is 0.251 e. The highest BCUT2D eigenvalue weighted by Crippen LogP contribution is 2.27. The van der Waals surface area contributed by atoms with Crippen molar-refractivity contribution in [1.82, 2.24) is 14.5 Å². The molecule has 0 bridgehead atoms. The number of aryl methyl sites for hydroxylation is 1. The van der Waals surface area contributed by atoms with E-state index in [0.717, 1.165) is 5.56 Å². The van der Waals surface area contributed by atoms with Crippen LogP contribution in [0.5, 0.6) is 0 Å². The molecule has 1 unspecified atom stereocenters. The molecular formula is C25H33N3O4S. The van der Waals surface area contributed by atoms with Gasteiger partial charge in [-0.2, -0.15) is 4.31 Å². The molecule has 0 aliphatic carbocycles. The molecule has 178 valence electrons. The smallest absolute Gasteiger partial charge is 0.251 e. The van der Waals surface area contributed by atoms with E-state index in [0.29, 0.717) is 44.6 Å². The summed E-state index contributed by atoms with van der Waals surface area (Å²) in [5.74, 6) is -0.560. The summed E-state index contributed by atoms with van der Waals surface area (Å²) in [5, 5.41) is 2.95. The van der Waals surface area contributed by atoms with Gasteiger partial charge in [-0.15, -0.1) is 0 Å². The first-order valence-corrected chi connectivity index (χ1v) is 12.9. The first-order chi connectivity index (χ1) is 15.8. The molecule has 1 atom stereocenters. The van der Waals surface area contributed by atoms with E-state index in [1.165, 1.54) is 4.31 Å². The Kier molecular flexibility index (Phi) is 8.26. The Bertz CT molecular complexity index is 1040. The van der Waals surface area contributed by atoms with Crippen LogP contribution in [0.2, 0.25) is 0 Å². The fourth-order valence-corrected chi connectivity index (χ4v) is 5.71. The Hall–Kier alpha value is -2.71. The van der Waals surface area contributed by atoms with E-state index in [1.54, 1.807) is 53.4 Å². The van der Waals surface area contributed by atoms with Gasteiger partial charge in [0.05, 0.1) is 4.90 Å². The maximum atomic E-state index is 13.3. The third kappa shape index (κ3) is 5.81. The maximum absolute atomic E-state index is 13.3. The third-order valence-electron chi connectivity index (χ3n) is 6.29. The number of nitrogens with one attached hydrogen (secondary N) is 1. The molecule has 1 heterocycles. The van der Waals surface area contributed by atoms with Crippen molar-refractivity contribution in [1.29, 1.82) is 0 Å². The first kappa shape index (κ1) is 24.9. The first-order valence-electron chi connectivity index (χ1n) is 11.5. The Morgan fingerprint density at radius 1 is 1.00 bits per heavy atom. The average Bonchev–Trinajstić information content (AvgIpc) is 2.84. The highest BCUT2D eigenvalue weighted by molar-refractivity contribution is 7.89. The lowest BCUT2D eigenvalue weighted by atomic mass is 9.89. The number of benzene rings is 2. The number of sulfonamides is 1. The van der Waals surface area contributed by atoms with Crippen molar-refractivity contribution in [3.05, 3.63) is 65.7 Å². The van der Waals surface area contributed by atoms with Gasteiger partial charge in [0.15, 0.2) is 0 Å². The van der Waals surface area contributed by atoms with Gasteiger partial charge in [0.1, 0.15) is 6.04 Å². The number of hydrogen-bond donors (Lipinski definition) is 1.